The number of benzene rings is 1. The van der Waals surface area contributed by atoms with Crippen LogP contribution in [0.25, 0.3) is 10.4 Å². The lowest BCUT2D eigenvalue weighted by molar-refractivity contribution is -0.144. The molecule has 0 aliphatic carbocycles. The highest BCUT2D eigenvalue weighted by atomic mass is 16.5. The van der Waals surface area contributed by atoms with E-state index < -0.39 is 11.4 Å². The molecule has 104 valence electrons. The van der Waals surface area contributed by atoms with Crippen LogP contribution >= 0.6 is 0 Å². The van der Waals surface area contributed by atoms with Crippen LogP contribution in [-0.4, -0.2) is 32.1 Å². The monoisotopic (exact) mass is 274 g/mol. The second-order valence-electron chi connectivity index (χ2n) is 4.63. The number of para-hydroxylation sites is 1. The van der Waals surface area contributed by atoms with Gasteiger partial charge in [-0.15, -0.1) is 0 Å². The maximum absolute atomic E-state index is 12.6. The number of carbonyl (C=O) groups excluding carboxylic acids is 2. The second-order valence-corrected chi connectivity index (χ2v) is 4.63. The zero-order chi connectivity index (χ0) is 14.8. The Kier molecular flexibility index (Phi) is 3.63. The summed E-state index contributed by atoms with van der Waals surface area (Å²) in [5.41, 5.74) is 8.85. The summed E-state index contributed by atoms with van der Waals surface area (Å²) < 4.78 is 5.03. The van der Waals surface area contributed by atoms with E-state index in [9.17, 15) is 9.59 Å². The molecule has 1 unspecified atom stereocenters. The minimum atomic E-state index is -1.14. The maximum Gasteiger partial charge on any atom is 0.302 e. The summed E-state index contributed by atoms with van der Waals surface area (Å²) >= 11 is 0. The number of fused-ring (bicyclic) bond motifs is 1. The van der Waals surface area contributed by atoms with Crippen molar-refractivity contribution < 1.29 is 14.3 Å². The van der Waals surface area contributed by atoms with Gasteiger partial charge in [-0.1, -0.05) is 23.3 Å². The Labute approximate surface area is 115 Å². The van der Waals surface area contributed by atoms with Gasteiger partial charge >= 0.3 is 5.97 Å². The molecular weight excluding hydrogens is 260 g/mol. The molecule has 1 atom stereocenters. The van der Waals surface area contributed by atoms with Crippen molar-refractivity contribution in [1.29, 1.82) is 0 Å². The van der Waals surface area contributed by atoms with Gasteiger partial charge in [0.25, 0.3) is 0 Å². The lowest BCUT2D eigenvalue weighted by Gasteiger charge is -2.25. The maximum atomic E-state index is 12.6. The largest absolute Gasteiger partial charge is 0.464 e. The molecule has 1 heterocycles. The first-order valence-corrected chi connectivity index (χ1v) is 6.05. The normalized spacial score (nSPS) is 20.3. The lowest BCUT2D eigenvalue weighted by atomic mass is 9.82. The second kappa shape index (κ2) is 5.22. The number of anilines is 1. The number of rotatable bonds is 4. The number of hydrogen-bond donors (Lipinski definition) is 0. The Morgan fingerprint density at radius 1 is 1.50 bits per heavy atom. The molecule has 0 fully saturated rings. The van der Waals surface area contributed by atoms with Crippen molar-refractivity contribution in [3.63, 3.8) is 0 Å². The number of ether oxygens (including phenoxy) is 1. The number of hydrogen-bond acceptors (Lipinski definition) is 4. The number of amides is 1. The molecule has 0 radical (unpaired) electrons. The van der Waals surface area contributed by atoms with Crippen LogP contribution in [0, 0.1) is 0 Å². The van der Waals surface area contributed by atoms with E-state index in [0.29, 0.717) is 5.56 Å². The minimum Gasteiger partial charge on any atom is -0.464 e. The molecule has 0 bridgehead atoms. The van der Waals surface area contributed by atoms with E-state index in [0.717, 1.165) is 5.69 Å². The number of carbonyl (C=O) groups is 2. The molecular formula is C13H14N4O3. The van der Waals surface area contributed by atoms with Crippen molar-refractivity contribution in [2.45, 2.75) is 12.3 Å². The van der Waals surface area contributed by atoms with Gasteiger partial charge in [0, 0.05) is 31.1 Å². The third kappa shape index (κ3) is 2.08. The molecule has 1 aliphatic heterocycles. The van der Waals surface area contributed by atoms with Gasteiger partial charge in [0.15, 0.2) is 0 Å². The molecule has 1 aromatic rings. The van der Waals surface area contributed by atoms with Gasteiger partial charge < -0.3 is 9.64 Å². The Morgan fingerprint density at radius 3 is 2.85 bits per heavy atom. The highest BCUT2D eigenvalue weighted by Crippen LogP contribution is 2.41. The average molecular weight is 274 g/mol. The number of esters is 1. The molecule has 1 amide bonds. The molecule has 20 heavy (non-hydrogen) atoms. The van der Waals surface area contributed by atoms with Gasteiger partial charge in [-0.05, 0) is 17.2 Å². The fourth-order valence-electron chi connectivity index (χ4n) is 2.43. The number of azide groups is 1. The van der Waals surface area contributed by atoms with Crippen molar-refractivity contribution in [3.05, 3.63) is 40.3 Å². The van der Waals surface area contributed by atoms with Crippen LogP contribution < -0.4 is 4.90 Å². The van der Waals surface area contributed by atoms with Crippen molar-refractivity contribution >= 4 is 17.6 Å². The number of nitrogens with zero attached hydrogens (tertiary/aromatic N) is 4. The van der Waals surface area contributed by atoms with Crippen LogP contribution in [-0.2, 0) is 19.7 Å². The van der Waals surface area contributed by atoms with Gasteiger partial charge in [-0.25, -0.2) is 0 Å². The molecule has 2 rings (SSSR count). The van der Waals surface area contributed by atoms with Crippen LogP contribution in [0.3, 0.4) is 0 Å². The van der Waals surface area contributed by atoms with Crippen LogP contribution in [0.15, 0.2) is 29.4 Å². The minimum absolute atomic E-state index is 0.0863. The molecule has 1 aromatic carbocycles. The first kappa shape index (κ1) is 13.9. The fourth-order valence-corrected chi connectivity index (χ4v) is 2.43. The third-order valence-electron chi connectivity index (χ3n) is 3.42. The Hall–Kier alpha value is -2.53. The van der Waals surface area contributed by atoms with E-state index >= 15 is 0 Å². The third-order valence-corrected chi connectivity index (χ3v) is 3.42. The molecule has 0 saturated heterocycles. The predicted molar refractivity (Wildman–Crippen MR) is 72.2 cm³/mol. The Bertz CT molecular complexity index is 609. The van der Waals surface area contributed by atoms with E-state index in [4.69, 9.17) is 10.3 Å². The summed E-state index contributed by atoms with van der Waals surface area (Å²) in [6.07, 6.45) is 0. The molecule has 1 aliphatic rings. The fraction of sp³-hybridized carbons (Fsp3) is 0.385. The molecule has 0 saturated carbocycles. The van der Waals surface area contributed by atoms with Gasteiger partial charge in [-0.3, -0.25) is 9.59 Å². The zero-order valence-electron chi connectivity index (χ0n) is 11.2. The van der Waals surface area contributed by atoms with E-state index in [-0.39, 0.29) is 19.1 Å². The predicted octanol–water partition coefficient (Wildman–Crippen LogP) is 1.77. The highest BCUT2D eigenvalue weighted by molar-refractivity contribution is 6.08. The summed E-state index contributed by atoms with van der Waals surface area (Å²) in [5, 5.41) is 3.53. The van der Waals surface area contributed by atoms with E-state index in [1.165, 1.54) is 11.8 Å². The summed E-state index contributed by atoms with van der Waals surface area (Å²) in [6.45, 7) is 1.05. The lowest BCUT2D eigenvalue weighted by Crippen LogP contribution is -2.45. The number of likely N-dealkylation sites (N-methyl/N-ethyl adjacent to an activating group) is 1. The Balaban J connectivity index is 2.52. The van der Waals surface area contributed by atoms with Crippen LogP contribution in [0.4, 0.5) is 5.69 Å². The molecule has 0 aromatic heterocycles. The van der Waals surface area contributed by atoms with E-state index in [2.05, 4.69) is 10.0 Å². The van der Waals surface area contributed by atoms with Crippen LogP contribution in [0.1, 0.15) is 12.5 Å². The van der Waals surface area contributed by atoms with Crippen molar-refractivity contribution in [3.8, 4) is 0 Å². The average Bonchev–Trinajstić information content (AvgIpc) is 2.66. The first-order valence-electron chi connectivity index (χ1n) is 6.05. The van der Waals surface area contributed by atoms with Crippen molar-refractivity contribution in [1.82, 2.24) is 0 Å². The quantitative estimate of drug-likeness (QED) is 0.362. The molecule has 7 heteroatoms. The molecule has 7 nitrogen and oxygen atoms in total. The van der Waals surface area contributed by atoms with Gasteiger partial charge in [0.05, 0.1) is 0 Å². The van der Waals surface area contributed by atoms with Crippen molar-refractivity contribution in [2.75, 3.05) is 25.1 Å². The van der Waals surface area contributed by atoms with Gasteiger partial charge in [0.1, 0.15) is 12.0 Å². The Morgan fingerprint density at radius 2 is 2.20 bits per heavy atom. The summed E-state index contributed by atoms with van der Waals surface area (Å²) in [7, 11) is 1.65. The van der Waals surface area contributed by atoms with Gasteiger partial charge in [-0.2, -0.15) is 0 Å². The molecule has 0 spiro atoms. The topological polar surface area (TPSA) is 95.4 Å². The van der Waals surface area contributed by atoms with E-state index in [1.54, 1.807) is 25.2 Å². The first-order chi connectivity index (χ1) is 9.53. The van der Waals surface area contributed by atoms with E-state index in [1.807, 2.05) is 6.07 Å². The zero-order valence-corrected chi connectivity index (χ0v) is 11.2. The summed E-state index contributed by atoms with van der Waals surface area (Å²) in [4.78, 5) is 27.8. The SMILES string of the molecule is CC(=O)OCC1(CN=[N+]=[N-])C(=O)N(C)c2ccccc21. The standard InChI is InChI=1S/C13H14N4O3/c1-9(18)20-8-13(7-15-16-14)10-5-3-4-6-11(10)17(2)12(13)19/h3-6H,7-8H2,1-2H3. The van der Waals surface area contributed by atoms with Gasteiger partial charge in [0.2, 0.25) is 5.91 Å². The van der Waals surface area contributed by atoms with Crippen molar-refractivity contribution in [2.24, 2.45) is 5.11 Å². The smallest absolute Gasteiger partial charge is 0.302 e. The molecule has 0 N–H and O–H groups in total. The summed E-state index contributed by atoms with van der Waals surface area (Å²) in [6, 6.07) is 7.20. The van der Waals surface area contributed by atoms with Crippen LogP contribution in [0.2, 0.25) is 0 Å². The van der Waals surface area contributed by atoms with Crippen LogP contribution in [0.5, 0.6) is 0 Å². The summed E-state index contributed by atoms with van der Waals surface area (Å²) in [5.74, 6) is -0.725. The highest BCUT2D eigenvalue weighted by Gasteiger charge is 2.50.